The number of phenols is 1. The van der Waals surface area contributed by atoms with E-state index in [-0.39, 0.29) is 16.6 Å². The van der Waals surface area contributed by atoms with Crippen molar-refractivity contribution in [1.29, 1.82) is 0 Å². The zero-order valence-electron chi connectivity index (χ0n) is 8.48. The molecule has 0 fully saturated rings. The van der Waals surface area contributed by atoms with Crippen LogP contribution >= 0.6 is 0 Å². The van der Waals surface area contributed by atoms with Gasteiger partial charge in [-0.3, -0.25) is 0 Å². The van der Waals surface area contributed by atoms with Crippen LogP contribution < -0.4 is 4.72 Å². The van der Waals surface area contributed by atoms with Crippen LogP contribution in [0.1, 0.15) is 0 Å². The first-order valence-corrected chi connectivity index (χ1v) is 6.02. The molecule has 1 heterocycles. The summed E-state index contributed by atoms with van der Waals surface area (Å²) in [6.45, 7) is 0. The van der Waals surface area contributed by atoms with Gasteiger partial charge in [0.05, 0.1) is 17.3 Å². The minimum Gasteiger partial charge on any atom is -0.508 e. The van der Waals surface area contributed by atoms with Gasteiger partial charge in [-0.05, 0) is 24.3 Å². The third-order valence-electron chi connectivity index (χ3n) is 1.86. The molecule has 0 bridgehead atoms. The van der Waals surface area contributed by atoms with Crippen LogP contribution in [0, 0.1) is 0 Å². The molecule has 0 unspecified atom stereocenters. The van der Waals surface area contributed by atoms with Crippen LogP contribution in [0.3, 0.4) is 0 Å². The Morgan fingerprint density at radius 1 is 1.12 bits per heavy atom. The van der Waals surface area contributed by atoms with E-state index in [1.54, 1.807) is 0 Å². The third-order valence-corrected chi connectivity index (χ3v) is 3.20. The molecular weight excluding hydrogens is 244 g/mol. The van der Waals surface area contributed by atoms with Crippen molar-refractivity contribution >= 4 is 16.0 Å². The van der Waals surface area contributed by atoms with Crippen molar-refractivity contribution in [1.82, 2.24) is 15.2 Å². The summed E-state index contributed by atoms with van der Waals surface area (Å²) in [7, 11) is -3.76. The SMILES string of the molecule is O=S(=O)(Nc1nccnn1)c1ccc(O)cc1. The van der Waals surface area contributed by atoms with Gasteiger partial charge in [0.25, 0.3) is 16.0 Å². The standard InChI is InChI=1S/C9H8N4O3S/c14-7-1-3-8(4-2-7)17(15,16)13-9-10-5-6-11-12-9/h1-6,14H,(H,10,12,13). The first kappa shape index (κ1) is 11.3. The molecule has 0 saturated heterocycles. The van der Waals surface area contributed by atoms with Crippen molar-refractivity contribution in [2.75, 3.05) is 4.72 Å². The maximum atomic E-state index is 11.8. The molecule has 7 nitrogen and oxygen atoms in total. The second-order valence-electron chi connectivity index (χ2n) is 3.07. The van der Waals surface area contributed by atoms with Crippen molar-refractivity contribution in [3.8, 4) is 5.75 Å². The lowest BCUT2D eigenvalue weighted by Crippen LogP contribution is -2.15. The first-order chi connectivity index (χ1) is 8.08. The van der Waals surface area contributed by atoms with Gasteiger partial charge in [-0.2, -0.15) is 5.10 Å². The molecule has 88 valence electrons. The van der Waals surface area contributed by atoms with Gasteiger partial charge in [0.1, 0.15) is 5.75 Å². The zero-order chi connectivity index (χ0) is 12.3. The predicted octanol–water partition coefficient (Wildman–Crippen LogP) is 0.378. The first-order valence-electron chi connectivity index (χ1n) is 4.53. The molecule has 0 radical (unpaired) electrons. The monoisotopic (exact) mass is 252 g/mol. The van der Waals surface area contributed by atoms with Crippen molar-refractivity contribution < 1.29 is 13.5 Å². The van der Waals surface area contributed by atoms with Crippen LogP contribution in [-0.2, 0) is 10.0 Å². The number of aromatic nitrogens is 3. The summed E-state index contributed by atoms with van der Waals surface area (Å²) in [6.07, 6.45) is 2.65. The maximum Gasteiger partial charge on any atom is 0.264 e. The highest BCUT2D eigenvalue weighted by molar-refractivity contribution is 7.92. The van der Waals surface area contributed by atoms with E-state index in [2.05, 4.69) is 19.9 Å². The summed E-state index contributed by atoms with van der Waals surface area (Å²) in [5.74, 6) is -0.123. The van der Waals surface area contributed by atoms with E-state index < -0.39 is 10.0 Å². The number of sulfonamides is 1. The Morgan fingerprint density at radius 2 is 1.82 bits per heavy atom. The van der Waals surface area contributed by atoms with E-state index in [9.17, 15) is 8.42 Å². The highest BCUT2D eigenvalue weighted by Crippen LogP contribution is 2.16. The zero-order valence-corrected chi connectivity index (χ0v) is 9.29. The normalized spacial score (nSPS) is 11.1. The maximum absolute atomic E-state index is 11.8. The van der Waals surface area contributed by atoms with Crippen LogP contribution in [0.15, 0.2) is 41.6 Å². The number of benzene rings is 1. The van der Waals surface area contributed by atoms with Crippen LogP contribution in [-0.4, -0.2) is 28.7 Å². The van der Waals surface area contributed by atoms with E-state index >= 15 is 0 Å². The molecule has 1 aromatic carbocycles. The highest BCUT2D eigenvalue weighted by atomic mass is 32.2. The minimum absolute atomic E-state index is 0.00255. The molecule has 1 aromatic heterocycles. The van der Waals surface area contributed by atoms with Gasteiger partial charge >= 0.3 is 0 Å². The van der Waals surface area contributed by atoms with Crippen LogP contribution in [0.25, 0.3) is 0 Å². The van der Waals surface area contributed by atoms with Gasteiger partial charge < -0.3 is 5.11 Å². The van der Waals surface area contributed by atoms with Crippen molar-refractivity contribution in [3.63, 3.8) is 0 Å². The molecule has 0 spiro atoms. The largest absolute Gasteiger partial charge is 0.508 e. The highest BCUT2D eigenvalue weighted by Gasteiger charge is 2.15. The number of nitrogens with one attached hydrogen (secondary N) is 1. The lowest BCUT2D eigenvalue weighted by atomic mass is 10.3. The number of hydrogen-bond acceptors (Lipinski definition) is 6. The fourth-order valence-corrected chi connectivity index (χ4v) is 2.04. The second-order valence-corrected chi connectivity index (χ2v) is 4.75. The van der Waals surface area contributed by atoms with Crippen molar-refractivity contribution in [2.24, 2.45) is 0 Å². The fourth-order valence-electron chi connectivity index (χ4n) is 1.10. The fraction of sp³-hybridized carbons (Fsp3) is 0. The average molecular weight is 252 g/mol. The quantitative estimate of drug-likeness (QED) is 0.818. The Balaban J connectivity index is 2.29. The van der Waals surface area contributed by atoms with Gasteiger partial charge in [0.15, 0.2) is 0 Å². The molecule has 0 amide bonds. The predicted molar refractivity (Wildman–Crippen MR) is 58.7 cm³/mol. The number of rotatable bonds is 3. The summed E-state index contributed by atoms with van der Waals surface area (Å²) in [4.78, 5) is 3.70. The Bertz CT molecular complexity index is 598. The van der Waals surface area contributed by atoms with Gasteiger partial charge in [0.2, 0.25) is 0 Å². The lowest BCUT2D eigenvalue weighted by Gasteiger charge is -2.05. The molecule has 8 heteroatoms. The molecule has 17 heavy (non-hydrogen) atoms. The third kappa shape index (κ3) is 2.67. The van der Waals surface area contributed by atoms with Crippen molar-refractivity contribution in [3.05, 3.63) is 36.7 Å². The average Bonchev–Trinajstić information content (AvgIpc) is 2.30. The summed E-state index contributed by atoms with van der Waals surface area (Å²) < 4.78 is 25.8. The van der Waals surface area contributed by atoms with Crippen LogP contribution in [0.4, 0.5) is 5.95 Å². The minimum atomic E-state index is -3.76. The molecule has 2 N–H and O–H groups in total. The molecule has 2 aromatic rings. The molecular formula is C9H8N4O3S. The number of phenolic OH excluding ortho intramolecular Hbond substituents is 1. The molecule has 0 aliphatic carbocycles. The van der Waals surface area contributed by atoms with Gasteiger partial charge in [-0.25, -0.2) is 18.1 Å². The van der Waals surface area contributed by atoms with Gasteiger partial charge in [-0.15, -0.1) is 5.10 Å². The molecule has 0 atom stereocenters. The summed E-state index contributed by atoms with van der Waals surface area (Å²) in [6, 6.07) is 5.10. The van der Waals surface area contributed by atoms with Crippen LogP contribution in [0.2, 0.25) is 0 Å². The van der Waals surface area contributed by atoms with E-state index in [1.165, 1.54) is 36.7 Å². The van der Waals surface area contributed by atoms with E-state index in [4.69, 9.17) is 5.11 Å². The van der Waals surface area contributed by atoms with Crippen molar-refractivity contribution in [2.45, 2.75) is 4.90 Å². The van der Waals surface area contributed by atoms with Gasteiger partial charge in [0, 0.05) is 0 Å². The van der Waals surface area contributed by atoms with Crippen LogP contribution in [0.5, 0.6) is 5.75 Å². The van der Waals surface area contributed by atoms with E-state index in [1.807, 2.05) is 0 Å². The summed E-state index contributed by atoms with van der Waals surface area (Å²) >= 11 is 0. The summed E-state index contributed by atoms with van der Waals surface area (Å²) in [5.41, 5.74) is 0. The lowest BCUT2D eigenvalue weighted by molar-refractivity contribution is 0.475. The van der Waals surface area contributed by atoms with E-state index in [0.717, 1.165) is 0 Å². The number of anilines is 1. The topological polar surface area (TPSA) is 105 Å². The molecule has 2 rings (SSSR count). The summed E-state index contributed by atoms with van der Waals surface area (Å²) in [5, 5.41) is 16.1. The Morgan fingerprint density at radius 3 is 2.41 bits per heavy atom. The van der Waals surface area contributed by atoms with Gasteiger partial charge in [-0.1, -0.05) is 0 Å². The molecule has 0 aliphatic heterocycles. The van der Waals surface area contributed by atoms with E-state index in [0.29, 0.717) is 0 Å². The Labute approximate surface area is 97.2 Å². The smallest absolute Gasteiger partial charge is 0.264 e. The number of nitrogens with zero attached hydrogens (tertiary/aromatic N) is 3. The Kier molecular flexibility index (Phi) is 2.88. The second kappa shape index (κ2) is 4.34. The number of hydrogen-bond donors (Lipinski definition) is 2. The molecule has 0 aliphatic rings. The number of aromatic hydroxyl groups is 1. The Hall–Kier alpha value is -2.22. The molecule has 0 saturated carbocycles.